The average molecular weight is 411 g/mol. The van der Waals surface area contributed by atoms with Crippen molar-refractivity contribution in [2.45, 2.75) is 31.5 Å². The second kappa shape index (κ2) is 7.68. The zero-order valence-corrected chi connectivity index (χ0v) is 16.4. The molecule has 0 aliphatic carbocycles. The van der Waals surface area contributed by atoms with Gasteiger partial charge in [0.05, 0.1) is 5.56 Å². The van der Waals surface area contributed by atoms with Crippen molar-refractivity contribution in [2.75, 3.05) is 24.5 Å². The van der Waals surface area contributed by atoms with Crippen LogP contribution in [-0.2, 0) is 6.42 Å². The van der Waals surface area contributed by atoms with Crippen LogP contribution in [-0.4, -0.2) is 47.2 Å². The molecule has 6 rings (SSSR count). The van der Waals surface area contributed by atoms with E-state index in [4.69, 9.17) is 0 Å². The molecule has 2 N–H and O–H groups in total. The molecule has 2 bridgehead atoms. The maximum atomic E-state index is 12.9. The van der Waals surface area contributed by atoms with Crippen LogP contribution in [0.25, 0.3) is 11.0 Å². The number of benzene rings is 1. The van der Waals surface area contributed by atoms with Crippen molar-refractivity contribution in [3.63, 3.8) is 0 Å². The van der Waals surface area contributed by atoms with Gasteiger partial charge < -0.3 is 15.5 Å². The lowest BCUT2D eigenvalue weighted by Gasteiger charge is -2.49. The molecule has 5 heterocycles. The zero-order valence-electron chi connectivity index (χ0n) is 16.4. The number of nitrogens with zero attached hydrogens (tertiary/aromatic N) is 3. The first kappa shape index (κ1) is 19.0. The number of fused-ring (bicyclic) bond motifs is 3. The number of carbonyl (C=O) groups excluding carboxylic acids is 1. The van der Waals surface area contributed by atoms with Gasteiger partial charge in [0.15, 0.2) is 0 Å². The number of aromatic nitrogens is 2. The van der Waals surface area contributed by atoms with Gasteiger partial charge in [-0.2, -0.15) is 8.78 Å². The number of anilines is 1. The highest BCUT2D eigenvalue weighted by atomic mass is 19.3. The number of hydrogen-bond donors (Lipinski definition) is 2. The Morgan fingerprint density at radius 3 is 2.63 bits per heavy atom. The maximum Gasteiger partial charge on any atom is 0.320 e. The van der Waals surface area contributed by atoms with Crippen LogP contribution in [0.3, 0.4) is 0 Å². The number of nitrogens with one attached hydrogen (secondary N) is 2. The summed E-state index contributed by atoms with van der Waals surface area (Å²) in [6.45, 7) is -0.0412. The van der Waals surface area contributed by atoms with E-state index in [9.17, 15) is 13.6 Å². The predicted molar refractivity (Wildman–Crippen MR) is 111 cm³/mol. The Balaban J connectivity index is 1.15. The standard InChI is InChI=1S/C22H23F2N5O/c23-22(24)29-8-6-15-9-16(11-26-20(15)29)21(30)25-7-5-14-1-3-19(4-2-14)28-12-17-10-18(13-28)27-17/h1-4,6,8-9,11,17-18,22,27H,5,7,10,12-13H2,(H,25,30). The third-order valence-corrected chi connectivity index (χ3v) is 5.95. The first-order chi connectivity index (χ1) is 14.6. The largest absolute Gasteiger partial charge is 0.368 e. The Kier molecular flexibility index (Phi) is 4.86. The van der Waals surface area contributed by atoms with Crippen LogP contribution in [0, 0.1) is 0 Å². The highest BCUT2D eigenvalue weighted by molar-refractivity contribution is 5.97. The summed E-state index contributed by atoms with van der Waals surface area (Å²) in [5.41, 5.74) is 2.93. The summed E-state index contributed by atoms with van der Waals surface area (Å²) in [7, 11) is 0. The van der Waals surface area contributed by atoms with Crippen LogP contribution in [0.15, 0.2) is 48.8 Å². The molecule has 6 nitrogen and oxygen atoms in total. The fraction of sp³-hybridized carbons (Fsp3) is 0.364. The first-order valence-corrected chi connectivity index (χ1v) is 10.2. The van der Waals surface area contributed by atoms with Crippen molar-refractivity contribution in [2.24, 2.45) is 0 Å². The molecule has 3 aliphatic heterocycles. The molecular formula is C22H23F2N5O. The summed E-state index contributed by atoms with van der Waals surface area (Å²) >= 11 is 0. The lowest BCUT2D eigenvalue weighted by Crippen LogP contribution is -2.67. The molecule has 156 valence electrons. The van der Waals surface area contributed by atoms with E-state index in [1.165, 1.54) is 30.6 Å². The number of rotatable bonds is 6. The monoisotopic (exact) mass is 411 g/mol. The van der Waals surface area contributed by atoms with Gasteiger partial charge in [0.1, 0.15) is 5.65 Å². The number of piperidine rings is 1. The molecule has 1 amide bonds. The van der Waals surface area contributed by atoms with Gasteiger partial charge in [-0.15, -0.1) is 0 Å². The molecule has 2 aromatic heterocycles. The molecule has 0 radical (unpaired) electrons. The topological polar surface area (TPSA) is 62.2 Å². The molecule has 0 saturated carbocycles. The van der Waals surface area contributed by atoms with Crippen LogP contribution in [0.1, 0.15) is 28.9 Å². The Labute approximate surface area is 172 Å². The SMILES string of the molecule is O=C(NCCc1ccc(N2CC3CC(C2)N3)cc1)c1cnc2c(ccn2C(F)F)c1. The molecule has 30 heavy (non-hydrogen) atoms. The zero-order chi connectivity index (χ0) is 20.7. The van der Waals surface area contributed by atoms with E-state index in [0.29, 0.717) is 29.6 Å². The minimum absolute atomic E-state index is 0.170. The Hall–Kier alpha value is -3.00. The summed E-state index contributed by atoms with van der Waals surface area (Å²) in [5.74, 6) is -0.258. The van der Waals surface area contributed by atoms with Crippen LogP contribution < -0.4 is 15.5 Å². The van der Waals surface area contributed by atoms with Gasteiger partial charge in [-0.25, -0.2) is 4.98 Å². The van der Waals surface area contributed by atoms with E-state index in [1.54, 1.807) is 6.07 Å². The molecule has 8 heteroatoms. The molecule has 3 fully saturated rings. The van der Waals surface area contributed by atoms with Crippen molar-refractivity contribution in [1.82, 2.24) is 20.2 Å². The van der Waals surface area contributed by atoms with Gasteiger partial charge >= 0.3 is 6.55 Å². The number of halogens is 2. The Bertz CT molecular complexity index is 1050. The second-order valence-corrected chi connectivity index (χ2v) is 8.01. The first-order valence-electron chi connectivity index (χ1n) is 10.2. The predicted octanol–water partition coefficient (Wildman–Crippen LogP) is 2.95. The van der Waals surface area contributed by atoms with E-state index < -0.39 is 6.55 Å². The minimum atomic E-state index is -2.65. The average Bonchev–Trinajstić information content (AvgIpc) is 3.17. The molecule has 3 aromatic rings. The fourth-order valence-electron chi connectivity index (χ4n) is 4.35. The number of piperazine rings is 1. The summed E-state index contributed by atoms with van der Waals surface area (Å²) in [4.78, 5) is 18.8. The lowest BCUT2D eigenvalue weighted by molar-refractivity contribution is 0.0746. The Morgan fingerprint density at radius 1 is 1.20 bits per heavy atom. The highest BCUT2D eigenvalue weighted by Gasteiger charge is 2.36. The van der Waals surface area contributed by atoms with Gasteiger partial charge in [-0.05, 0) is 42.7 Å². The van der Waals surface area contributed by atoms with Crippen molar-refractivity contribution in [3.05, 3.63) is 59.9 Å². The highest BCUT2D eigenvalue weighted by Crippen LogP contribution is 2.26. The summed E-state index contributed by atoms with van der Waals surface area (Å²) in [6.07, 6.45) is 4.62. The molecule has 2 unspecified atom stereocenters. The fourth-order valence-corrected chi connectivity index (χ4v) is 4.35. The van der Waals surface area contributed by atoms with Gasteiger partial charge in [0.25, 0.3) is 5.91 Å². The molecule has 3 saturated heterocycles. The number of hydrogen-bond acceptors (Lipinski definition) is 4. The molecule has 2 atom stereocenters. The number of alkyl halides is 2. The van der Waals surface area contributed by atoms with E-state index >= 15 is 0 Å². The molecule has 0 spiro atoms. The van der Waals surface area contributed by atoms with E-state index in [1.807, 2.05) is 0 Å². The van der Waals surface area contributed by atoms with E-state index in [2.05, 4.69) is 44.8 Å². The number of pyridine rings is 1. The van der Waals surface area contributed by atoms with Crippen LogP contribution in [0.5, 0.6) is 0 Å². The molecule has 1 aromatic carbocycles. The van der Waals surface area contributed by atoms with Gasteiger partial charge in [-0.3, -0.25) is 9.36 Å². The number of amides is 1. The second-order valence-electron chi connectivity index (χ2n) is 8.01. The quantitative estimate of drug-likeness (QED) is 0.655. The van der Waals surface area contributed by atoms with Gasteiger partial charge in [0, 0.05) is 55.2 Å². The van der Waals surface area contributed by atoms with Gasteiger partial charge in [-0.1, -0.05) is 12.1 Å². The third kappa shape index (κ3) is 3.63. The summed E-state index contributed by atoms with van der Waals surface area (Å²) < 4.78 is 26.6. The van der Waals surface area contributed by atoms with Gasteiger partial charge in [0.2, 0.25) is 0 Å². The lowest BCUT2D eigenvalue weighted by atomic mass is 9.91. The van der Waals surface area contributed by atoms with Crippen molar-refractivity contribution in [3.8, 4) is 0 Å². The van der Waals surface area contributed by atoms with Crippen molar-refractivity contribution in [1.29, 1.82) is 0 Å². The van der Waals surface area contributed by atoms with Crippen LogP contribution in [0.4, 0.5) is 14.5 Å². The normalized spacial score (nSPS) is 20.4. The number of carbonyl (C=O) groups is 1. The molecular weight excluding hydrogens is 388 g/mol. The van der Waals surface area contributed by atoms with E-state index in [-0.39, 0.29) is 11.6 Å². The molecule has 3 aliphatic rings. The minimum Gasteiger partial charge on any atom is -0.368 e. The smallest absolute Gasteiger partial charge is 0.320 e. The third-order valence-electron chi connectivity index (χ3n) is 5.95. The summed E-state index contributed by atoms with van der Waals surface area (Å²) in [5, 5.41) is 6.93. The maximum absolute atomic E-state index is 12.9. The van der Waals surface area contributed by atoms with Crippen molar-refractivity contribution >= 4 is 22.6 Å². The van der Waals surface area contributed by atoms with Crippen molar-refractivity contribution < 1.29 is 13.6 Å². The Morgan fingerprint density at radius 2 is 1.93 bits per heavy atom. The van der Waals surface area contributed by atoms with E-state index in [0.717, 1.165) is 29.6 Å². The van der Waals surface area contributed by atoms with Crippen LogP contribution >= 0.6 is 0 Å². The van der Waals surface area contributed by atoms with Crippen LogP contribution in [0.2, 0.25) is 0 Å². The summed E-state index contributed by atoms with van der Waals surface area (Å²) in [6, 6.07) is 12.9.